The highest BCUT2D eigenvalue weighted by Gasteiger charge is 2.19. The number of hydrogen-bond acceptors (Lipinski definition) is 3. The number of ether oxygens (including phenoxy) is 2. The van der Waals surface area contributed by atoms with Crippen LogP contribution in [0.2, 0.25) is 0 Å². The Kier molecular flexibility index (Phi) is 5.47. The van der Waals surface area contributed by atoms with Crippen molar-refractivity contribution in [2.45, 2.75) is 0 Å². The molecule has 3 nitrogen and oxygen atoms in total. The maximum absolute atomic E-state index is 14.0. The number of hydrogen-bond donors (Lipinski definition) is 0. The molecular formula is C16H14BrFO3. The minimum atomic E-state index is -0.575. The molecule has 0 saturated heterocycles. The van der Waals surface area contributed by atoms with E-state index in [1.165, 1.54) is 6.07 Å². The molecule has 0 N–H and O–H groups in total. The summed E-state index contributed by atoms with van der Waals surface area (Å²) in [6, 6.07) is 11.4. The van der Waals surface area contributed by atoms with Crippen molar-refractivity contribution >= 4 is 21.7 Å². The van der Waals surface area contributed by atoms with Crippen LogP contribution in [0.5, 0.6) is 5.75 Å². The van der Waals surface area contributed by atoms with Crippen LogP contribution in [-0.4, -0.2) is 26.1 Å². The van der Waals surface area contributed by atoms with E-state index in [0.717, 1.165) is 0 Å². The maximum atomic E-state index is 14.0. The molecule has 0 amide bonds. The standard InChI is InChI=1S/C16H14BrFO3/c1-20-9-10-21-14-8-3-2-5-11(14)16(19)12-6-4-7-13(17)15(12)18/h2-8H,9-10H2,1H3. The molecular weight excluding hydrogens is 339 g/mol. The summed E-state index contributed by atoms with van der Waals surface area (Å²) in [4.78, 5) is 12.5. The Morgan fingerprint density at radius 2 is 1.81 bits per heavy atom. The van der Waals surface area contributed by atoms with Crippen LogP contribution >= 0.6 is 15.9 Å². The predicted octanol–water partition coefficient (Wildman–Crippen LogP) is 3.84. The van der Waals surface area contributed by atoms with Gasteiger partial charge in [0.05, 0.1) is 22.2 Å². The van der Waals surface area contributed by atoms with Gasteiger partial charge in [-0.25, -0.2) is 4.39 Å². The van der Waals surface area contributed by atoms with Crippen LogP contribution in [-0.2, 0) is 4.74 Å². The number of carbonyl (C=O) groups is 1. The average Bonchev–Trinajstić information content (AvgIpc) is 2.50. The molecule has 0 aliphatic carbocycles. The van der Waals surface area contributed by atoms with Gasteiger partial charge < -0.3 is 9.47 Å². The molecule has 0 heterocycles. The smallest absolute Gasteiger partial charge is 0.199 e. The summed E-state index contributed by atoms with van der Waals surface area (Å²) in [5.74, 6) is -0.574. The molecule has 0 aliphatic heterocycles. The number of ketones is 1. The number of para-hydroxylation sites is 1. The van der Waals surface area contributed by atoms with Crippen molar-refractivity contribution in [3.8, 4) is 5.75 Å². The lowest BCUT2D eigenvalue weighted by atomic mass is 10.0. The SMILES string of the molecule is COCCOc1ccccc1C(=O)c1cccc(Br)c1F. The summed E-state index contributed by atoms with van der Waals surface area (Å²) < 4.78 is 24.7. The Labute approximate surface area is 130 Å². The van der Waals surface area contributed by atoms with Crippen molar-refractivity contribution in [3.05, 3.63) is 63.9 Å². The first-order valence-corrected chi connectivity index (χ1v) is 7.14. The minimum absolute atomic E-state index is 0.00664. The fourth-order valence-corrected chi connectivity index (χ4v) is 2.21. The second-order valence-electron chi connectivity index (χ2n) is 4.27. The van der Waals surface area contributed by atoms with Gasteiger partial charge in [-0.05, 0) is 40.2 Å². The molecule has 0 saturated carbocycles. The number of methoxy groups -OCH3 is 1. The molecule has 5 heteroatoms. The quantitative estimate of drug-likeness (QED) is 0.585. The van der Waals surface area contributed by atoms with Crippen LogP contribution in [0.15, 0.2) is 46.9 Å². The Balaban J connectivity index is 2.33. The molecule has 0 aliphatic rings. The largest absolute Gasteiger partial charge is 0.490 e. The first-order valence-electron chi connectivity index (χ1n) is 6.34. The summed E-state index contributed by atoms with van der Waals surface area (Å²) in [5, 5.41) is 0. The van der Waals surface area contributed by atoms with Crippen molar-refractivity contribution in [3.63, 3.8) is 0 Å². The van der Waals surface area contributed by atoms with Crippen LogP contribution < -0.4 is 4.74 Å². The molecule has 2 rings (SSSR count). The monoisotopic (exact) mass is 352 g/mol. The van der Waals surface area contributed by atoms with Gasteiger partial charge in [-0.2, -0.15) is 0 Å². The fourth-order valence-electron chi connectivity index (χ4n) is 1.84. The van der Waals surface area contributed by atoms with E-state index < -0.39 is 11.6 Å². The highest BCUT2D eigenvalue weighted by molar-refractivity contribution is 9.10. The predicted molar refractivity (Wildman–Crippen MR) is 81.3 cm³/mol. The molecule has 2 aromatic carbocycles. The molecule has 2 aromatic rings. The molecule has 0 radical (unpaired) electrons. The Hall–Kier alpha value is -1.72. The third-order valence-corrected chi connectivity index (χ3v) is 3.49. The van der Waals surface area contributed by atoms with Gasteiger partial charge in [-0.3, -0.25) is 4.79 Å². The molecule has 0 spiro atoms. The van der Waals surface area contributed by atoms with Gasteiger partial charge in [0.1, 0.15) is 18.2 Å². The molecule has 0 unspecified atom stereocenters. The Bertz CT molecular complexity index is 643. The van der Waals surface area contributed by atoms with E-state index >= 15 is 0 Å². The zero-order valence-electron chi connectivity index (χ0n) is 11.4. The highest BCUT2D eigenvalue weighted by atomic mass is 79.9. The molecule has 0 fully saturated rings. The van der Waals surface area contributed by atoms with Crippen LogP contribution in [0.1, 0.15) is 15.9 Å². The van der Waals surface area contributed by atoms with E-state index in [2.05, 4.69) is 15.9 Å². The van der Waals surface area contributed by atoms with Crippen LogP contribution in [0.25, 0.3) is 0 Å². The summed E-state index contributed by atoms with van der Waals surface area (Å²) in [6.45, 7) is 0.732. The summed E-state index contributed by atoms with van der Waals surface area (Å²) >= 11 is 3.08. The number of halogens is 2. The lowest BCUT2D eigenvalue weighted by molar-refractivity contribution is 0.102. The highest BCUT2D eigenvalue weighted by Crippen LogP contribution is 2.25. The van der Waals surface area contributed by atoms with E-state index in [1.54, 1.807) is 43.5 Å². The molecule has 0 aromatic heterocycles. The summed E-state index contributed by atoms with van der Waals surface area (Å²) in [5.41, 5.74) is 0.331. The van der Waals surface area contributed by atoms with E-state index in [0.29, 0.717) is 24.5 Å². The third-order valence-electron chi connectivity index (χ3n) is 2.87. The Morgan fingerprint density at radius 1 is 1.10 bits per heavy atom. The van der Waals surface area contributed by atoms with Crippen molar-refractivity contribution < 1.29 is 18.7 Å². The van der Waals surface area contributed by atoms with Crippen molar-refractivity contribution in [2.75, 3.05) is 20.3 Å². The minimum Gasteiger partial charge on any atom is -0.490 e. The maximum Gasteiger partial charge on any atom is 0.199 e. The Morgan fingerprint density at radius 3 is 2.57 bits per heavy atom. The van der Waals surface area contributed by atoms with Crippen molar-refractivity contribution in [1.29, 1.82) is 0 Å². The zero-order valence-corrected chi connectivity index (χ0v) is 13.0. The number of carbonyl (C=O) groups excluding carboxylic acids is 1. The van der Waals surface area contributed by atoms with Crippen LogP contribution in [0, 0.1) is 5.82 Å². The van der Waals surface area contributed by atoms with Crippen molar-refractivity contribution in [2.24, 2.45) is 0 Å². The molecule has 0 atom stereocenters. The molecule has 0 bridgehead atoms. The van der Waals surface area contributed by atoms with Gasteiger partial charge in [0.15, 0.2) is 5.78 Å². The molecule has 110 valence electrons. The lowest BCUT2D eigenvalue weighted by Gasteiger charge is -2.11. The first kappa shape index (κ1) is 15.7. The van der Waals surface area contributed by atoms with Gasteiger partial charge in [0.25, 0.3) is 0 Å². The molecule has 21 heavy (non-hydrogen) atoms. The zero-order chi connectivity index (χ0) is 15.2. The van der Waals surface area contributed by atoms with Gasteiger partial charge in [0.2, 0.25) is 0 Å². The average molecular weight is 353 g/mol. The summed E-state index contributed by atoms with van der Waals surface area (Å²) in [7, 11) is 1.57. The second-order valence-corrected chi connectivity index (χ2v) is 5.12. The summed E-state index contributed by atoms with van der Waals surface area (Å²) in [6.07, 6.45) is 0. The van der Waals surface area contributed by atoms with Crippen LogP contribution in [0.4, 0.5) is 4.39 Å². The van der Waals surface area contributed by atoms with E-state index in [9.17, 15) is 9.18 Å². The van der Waals surface area contributed by atoms with E-state index in [-0.39, 0.29) is 10.0 Å². The topological polar surface area (TPSA) is 35.5 Å². The second kappa shape index (κ2) is 7.33. The van der Waals surface area contributed by atoms with E-state index in [1.807, 2.05) is 0 Å². The normalized spacial score (nSPS) is 10.4. The van der Waals surface area contributed by atoms with Gasteiger partial charge in [0, 0.05) is 7.11 Å². The first-order chi connectivity index (χ1) is 10.1. The van der Waals surface area contributed by atoms with Crippen molar-refractivity contribution in [1.82, 2.24) is 0 Å². The van der Waals surface area contributed by atoms with Gasteiger partial charge in [-0.15, -0.1) is 0 Å². The number of rotatable bonds is 6. The fraction of sp³-hybridized carbons (Fsp3) is 0.188. The lowest BCUT2D eigenvalue weighted by Crippen LogP contribution is -2.10. The van der Waals surface area contributed by atoms with Crippen LogP contribution in [0.3, 0.4) is 0 Å². The van der Waals surface area contributed by atoms with Gasteiger partial charge in [-0.1, -0.05) is 18.2 Å². The number of benzene rings is 2. The van der Waals surface area contributed by atoms with E-state index in [4.69, 9.17) is 9.47 Å². The third kappa shape index (κ3) is 3.68. The van der Waals surface area contributed by atoms with Gasteiger partial charge >= 0.3 is 0 Å².